The van der Waals surface area contributed by atoms with E-state index in [0.29, 0.717) is 29.8 Å². The molecule has 6 rings (SSSR count). The summed E-state index contributed by atoms with van der Waals surface area (Å²) in [4.78, 5) is 13.7. The average molecular weight is 495 g/mol. The van der Waals surface area contributed by atoms with E-state index in [0.717, 1.165) is 43.7 Å². The van der Waals surface area contributed by atoms with Gasteiger partial charge in [0.25, 0.3) is 0 Å². The van der Waals surface area contributed by atoms with Crippen LogP contribution in [0.4, 0.5) is 5.82 Å². The number of benzene rings is 1. The van der Waals surface area contributed by atoms with Gasteiger partial charge >= 0.3 is 0 Å². The second-order valence-corrected chi connectivity index (χ2v) is 10.8. The molecule has 1 N–H and O–H groups in total. The molecule has 7 nitrogen and oxygen atoms in total. The molecule has 3 aliphatic rings. The van der Waals surface area contributed by atoms with Crippen molar-refractivity contribution in [2.45, 2.75) is 75.9 Å². The lowest BCUT2D eigenvalue weighted by atomic mass is 9.88. The second-order valence-electron chi connectivity index (χ2n) is 10.5. The van der Waals surface area contributed by atoms with E-state index in [1.165, 1.54) is 50.5 Å². The van der Waals surface area contributed by atoms with Gasteiger partial charge in [-0.15, -0.1) is 0 Å². The predicted molar refractivity (Wildman–Crippen MR) is 139 cm³/mol. The maximum Gasteiger partial charge on any atom is 0.226 e. The minimum absolute atomic E-state index is 0.273. The lowest BCUT2D eigenvalue weighted by molar-refractivity contribution is -0.00755. The van der Waals surface area contributed by atoms with Crippen molar-refractivity contribution >= 4 is 28.6 Å². The smallest absolute Gasteiger partial charge is 0.226 e. The zero-order valence-corrected chi connectivity index (χ0v) is 21.0. The number of piperidine rings is 1. The number of hydrazine groups is 1. The van der Waals surface area contributed by atoms with Crippen molar-refractivity contribution in [3.8, 4) is 0 Å². The first kappa shape index (κ1) is 23.2. The first-order chi connectivity index (χ1) is 17.2. The third-order valence-corrected chi connectivity index (χ3v) is 8.43. The van der Waals surface area contributed by atoms with Crippen molar-refractivity contribution in [1.82, 2.24) is 24.5 Å². The summed E-state index contributed by atoms with van der Waals surface area (Å²) in [6.07, 6.45) is 13.0. The molecule has 1 aromatic carbocycles. The molecular formula is C27H35ClN6O. The van der Waals surface area contributed by atoms with Crippen molar-refractivity contribution in [2.75, 3.05) is 25.1 Å². The number of hydrogen-bond donors (Lipinski definition) is 1. The van der Waals surface area contributed by atoms with Crippen LogP contribution in [0.3, 0.4) is 0 Å². The molecule has 1 aliphatic carbocycles. The molecule has 2 saturated heterocycles. The molecule has 2 atom stereocenters. The third-order valence-electron chi connectivity index (χ3n) is 8.27. The molecule has 4 heterocycles. The van der Waals surface area contributed by atoms with Gasteiger partial charge in [0.15, 0.2) is 17.0 Å². The fourth-order valence-electron chi connectivity index (χ4n) is 6.28. The van der Waals surface area contributed by atoms with Crippen LogP contribution < -0.4 is 5.43 Å². The summed E-state index contributed by atoms with van der Waals surface area (Å²) >= 11 is 6.33. The molecule has 8 heteroatoms. The second kappa shape index (κ2) is 10.4. The minimum Gasteiger partial charge on any atom is -0.377 e. The highest BCUT2D eigenvalue weighted by Crippen LogP contribution is 2.35. The van der Waals surface area contributed by atoms with E-state index in [2.05, 4.69) is 60.3 Å². The van der Waals surface area contributed by atoms with Gasteiger partial charge in [0.2, 0.25) is 5.28 Å². The SMILES string of the molecule is Clc1nc(NN2CCC(C3CCCC(c4ccccc4)CO3)CC2)c2ncn(C3CCCC3)c2n1. The van der Waals surface area contributed by atoms with Crippen LogP contribution in [-0.2, 0) is 4.74 Å². The number of anilines is 1. The highest BCUT2D eigenvalue weighted by Gasteiger charge is 2.30. The molecule has 186 valence electrons. The first-order valence-corrected chi connectivity index (χ1v) is 13.7. The predicted octanol–water partition coefficient (Wildman–Crippen LogP) is 5.99. The van der Waals surface area contributed by atoms with E-state index >= 15 is 0 Å². The number of halogens is 1. The van der Waals surface area contributed by atoms with Gasteiger partial charge in [-0.05, 0) is 61.6 Å². The minimum atomic E-state index is 0.273. The molecule has 3 fully saturated rings. The standard InChI is InChI=1S/C27H35ClN6O/c28-27-30-25(24-26(31-27)34(18-29-24)22-10-4-5-11-22)32-33-15-13-20(14-16-33)23-12-6-9-21(17-35-23)19-7-2-1-3-8-19/h1-3,7-8,18,20-23H,4-6,9-17H2,(H,30,31,32). The molecule has 0 bridgehead atoms. The zero-order valence-electron chi connectivity index (χ0n) is 20.3. The third kappa shape index (κ3) is 5.04. The fourth-order valence-corrected chi connectivity index (χ4v) is 6.45. The summed E-state index contributed by atoms with van der Waals surface area (Å²) in [6.45, 7) is 2.76. The van der Waals surface area contributed by atoms with Gasteiger partial charge in [-0.2, -0.15) is 9.97 Å². The zero-order chi connectivity index (χ0) is 23.6. The van der Waals surface area contributed by atoms with Gasteiger partial charge in [-0.3, -0.25) is 0 Å². The van der Waals surface area contributed by atoms with Crippen LogP contribution in [0.15, 0.2) is 36.7 Å². The van der Waals surface area contributed by atoms with Crippen LogP contribution in [0.25, 0.3) is 11.2 Å². The van der Waals surface area contributed by atoms with Crippen molar-refractivity contribution in [2.24, 2.45) is 5.92 Å². The van der Waals surface area contributed by atoms with Crippen molar-refractivity contribution in [3.05, 3.63) is 47.5 Å². The lowest BCUT2D eigenvalue weighted by Crippen LogP contribution is -2.41. The average Bonchev–Trinajstić information content (AvgIpc) is 3.49. The molecule has 0 spiro atoms. The van der Waals surface area contributed by atoms with Crippen molar-refractivity contribution < 1.29 is 4.74 Å². The van der Waals surface area contributed by atoms with Gasteiger partial charge in [-0.1, -0.05) is 49.6 Å². The molecule has 2 unspecified atom stereocenters. The largest absolute Gasteiger partial charge is 0.377 e. The maximum atomic E-state index is 6.50. The molecule has 35 heavy (non-hydrogen) atoms. The number of hydrogen-bond acceptors (Lipinski definition) is 6. The van der Waals surface area contributed by atoms with E-state index in [-0.39, 0.29) is 5.28 Å². The monoisotopic (exact) mass is 494 g/mol. The molecule has 0 radical (unpaired) electrons. The van der Waals surface area contributed by atoms with E-state index in [1.54, 1.807) is 0 Å². The normalized spacial score (nSPS) is 25.2. The number of aromatic nitrogens is 4. The Balaban J connectivity index is 1.07. The molecule has 0 amide bonds. The highest BCUT2D eigenvalue weighted by molar-refractivity contribution is 6.28. The summed E-state index contributed by atoms with van der Waals surface area (Å²) in [5.41, 5.74) is 6.58. The van der Waals surface area contributed by atoms with E-state index in [1.807, 2.05) is 6.33 Å². The Morgan fingerprint density at radius 2 is 1.71 bits per heavy atom. The van der Waals surface area contributed by atoms with Crippen LogP contribution in [0.1, 0.15) is 75.3 Å². The molecule has 3 aromatic rings. The van der Waals surface area contributed by atoms with Crippen LogP contribution in [0.2, 0.25) is 5.28 Å². The van der Waals surface area contributed by atoms with Crippen LogP contribution in [0.5, 0.6) is 0 Å². The Labute approximate surface area is 212 Å². The van der Waals surface area contributed by atoms with Crippen LogP contribution in [0, 0.1) is 5.92 Å². The van der Waals surface area contributed by atoms with Gasteiger partial charge in [0, 0.05) is 25.0 Å². The van der Waals surface area contributed by atoms with Gasteiger partial charge in [0.1, 0.15) is 0 Å². The quantitative estimate of drug-likeness (QED) is 0.439. The van der Waals surface area contributed by atoms with Gasteiger partial charge in [0.05, 0.1) is 19.0 Å². The molecular weight excluding hydrogens is 460 g/mol. The number of fused-ring (bicyclic) bond motifs is 1. The Bertz CT molecular complexity index is 1120. The number of nitrogens with one attached hydrogen (secondary N) is 1. The molecule has 1 saturated carbocycles. The fraction of sp³-hybridized carbons (Fsp3) is 0.593. The number of nitrogens with zero attached hydrogens (tertiary/aromatic N) is 5. The Kier molecular flexibility index (Phi) is 6.90. The number of imidazole rings is 1. The van der Waals surface area contributed by atoms with Crippen LogP contribution >= 0.6 is 11.6 Å². The topological polar surface area (TPSA) is 68.1 Å². The molecule has 2 aliphatic heterocycles. The Hall–Kier alpha value is -2.22. The van der Waals surface area contributed by atoms with E-state index < -0.39 is 0 Å². The van der Waals surface area contributed by atoms with Gasteiger partial charge in [-0.25, -0.2) is 9.99 Å². The van der Waals surface area contributed by atoms with Gasteiger partial charge < -0.3 is 14.7 Å². The Morgan fingerprint density at radius 1 is 0.914 bits per heavy atom. The summed E-state index contributed by atoms with van der Waals surface area (Å²) in [6, 6.07) is 11.3. The summed E-state index contributed by atoms with van der Waals surface area (Å²) in [5.74, 6) is 1.85. The maximum absolute atomic E-state index is 6.50. The molecule has 2 aromatic heterocycles. The van der Waals surface area contributed by atoms with E-state index in [4.69, 9.17) is 16.3 Å². The Morgan fingerprint density at radius 3 is 2.51 bits per heavy atom. The number of rotatable bonds is 5. The number of ether oxygens (including phenoxy) is 1. The lowest BCUT2D eigenvalue weighted by Gasteiger charge is -2.36. The highest BCUT2D eigenvalue weighted by atomic mass is 35.5. The summed E-state index contributed by atoms with van der Waals surface area (Å²) in [7, 11) is 0. The van der Waals surface area contributed by atoms with E-state index in [9.17, 15) is 0 Å². The summed E-state index contributed by atoms with van der Waals surface area (Å²) < 4.78 is 8.69. The van der Waals surface area contributed by atoms with Crippen molar-refractivity contribution in [1.29, 1.82) is 0 Å². The first-order valence-electron chi connectivity index (χ1n) is 13.3. The summed E-state index contributed by atoms with van der Waals surface area (Å²) in [5, 5.41) is 2.53. The van der Waals surface area contributed by atoms with Crippen molar-refractivity contribution in [3.63, 3.8) is 0 Å². The van der Waals surface area contributed by atoms with Crippen LogP contribution in [-0.4, -0.2) is 50.3 Å².